The molecule has 1 unspecified atom stereocenters. The Bertz CT molecular complexity index is 1910. The second-order valence-electron chi connectivity index (χ2n) is 11.8. The van der Waals surface area contributed by atoms with E-state index in [1.54, 1.807) is 28.4 Å². The Balaban J connectivity index is 1.42. The van der Waals surface area contributed by atoms with Crippen molar-refractivity contribution in [2.24, 2.45) is 0 Å². The van der Waals surface area contributed by atoms with Gasteiger partial charge in [0.2, 0.25) is 5.75 Å². The SMILES string of the molecule is COc1ccc2cc1Oc1cc3c(nccc3cc1OC)Cc1ccc(cc1)COc1c(OC)cc3c(c1OC)C(C2)N(C)CC3. The van der Waals surface area contributed by atoms with Gasteiger partial charge in [0, 0.05) is 36.2 Å². The fraction of sp³-hybridized carbons (Fsp3) is 0.289. The zero-order valence-corrected chi connectivity index (χ0v) is 26.9. The number of ether oxygens (including phenoxy) is 6. The maximum atomic E-state index is 6.63. The summed E-state index contributed by atoms with van der Waals surface area (Å²) in [6.45, 7) is 1.28. The van der Waals surface area contributed by atoms with Gasteiger partial charge in [-0.3, -0.25) is 9.88 Å². The predicted octanol–water partition coefficient (Wildman–Crippen LogP) is 7.32. The molecule has 0 spiro atoms. The summed E-state index contributed by atoms with van der Waals surface area (Å²) in [6, 6.07) is 22.7. The third-order valence-corrected chi connectivity index (χ3v) is 9.13. The molecule has 0 amide bonds. The number of methoxy groups -OCH3 is 4. The first-order chi connectivity index (χ1) is 22.5. The molecule has 3 aliphatic heterocycles. The van der Waals surface area contributed by atoms with Crippen LogP contribution in [0.25, 0.3) is 10.8 Å². The van der Waals surface area contributed by atoms with Crippen LogP contribution in [0.2, 0.25) is 0 Å². The minimum atomic E-state index is 0.0296. The van der Waals surface area contributed by atoms with Gasteiger partial charge in [-0.25, -0.2) is 0 Å². The smallest absolute Gasteiger partial charge is 0.204 e. The molecule has 5 aromatic rings. The average Bonchev–Trinajstić information content (AvgIpc) is 3.08. The number of rotatable bonds is 4. The Morgan fingerprint density at radius 3 is 2.26 bits per heavy atom. The van der Waals surface area contributed by atoms with Crippen molar-refractivity contribution in [1.82, 2.24) is 9.88 Å². The predicted molar refractivity (Wildman–Crippen MR) is 177 cm³/mol. The zero-order valence-electron chi connectivity index (χ0n) is 26.9. The summed E-state index contributed by atoms with van der Waals surface area (Å²) in [5, 5.41) is 2.03. The molecule has 46 heavy (non-hydrogen) atoms. The van der Waals surface area contributed by atoms with Gasteiger partial charge in [0.1, 0.15) is 6.61 Å². The third kappa shape index (κ3) is 5.43. The Hall–Kier alpha value is -4.95. The summed E-state index contributed by atoms with van der Waals surface area (Å²) in [6.07, 6.45) is 4.10. The number of aromatic nitrogens is 1. The van der Waals surface area contributed by atoms with Gasteiger partial charge in [0.05, 0.1) is 34.1 Å². The van der Waals surface area contributed by atoms with Crippen molar-refractivity contribution >= 4 is 10.8 Å². The Labute approximate surface area is 269 Å². The van der Waals surface area contributed by atoms with E-state index in [-0.39, 0.29) is 6.04 Å². The van der Waals surface area contributed by atoms with Gasteiger partial charge in [-0.1, -0.05) is 30.3 Å². The molecule has 4 heterocycles. The first kappa shape index (κ1) is 29.7. The average molecular weight is 619 g/mol. The summed E-state index contributed by atoms with van der Waals surface area (Å²) in [5.74, 6) is 4.47. The monoisotopic (exact) mass is 618 g/mol. The van der Waals surface area contributed by atoms with E-state index in [9.17, 15) is 0 Å². The highest BCUT2D eigenvalue weighted by molar-refractivity contribution is 5.88. The Morgan fingerprint density at radius 1 is 0.761 bits per heavy atom. The van der Waals surface area contributed by atoms with Crippen LogP contribution in [-0.4, -0.2) is 51.9 Å². The molecule has 8 rings (SSSR count). The standard InChI is InChI=1S/C38H38N2O6/c1-40-15-13-27-20-35(43-4)37-38(44-5)36(27)30(40)17-25-10-11-31(41-2)33(18-25)46-34-21-28-26(19-32(34)42-3)12-14-39-29(28)16-23-6-8-24(9-7-23)22-45-37/h6-12,14,18-21,30H,13,15-17,22H2,1-5H3. The van der Waals surface area contributed by atoms with Crippen LogP contribution in [0.1, 0.15) is 39.6 Å². The van der Waals surface area contributed by atoms with Gasteiger partial charge in [0.15, 0.2) is 34.5 Å². The van der Waals surface area contributed by atoms with Crippen molar-refractivity contribution in [3.8, 4) is 40.2 Å². The van der Waals surface area contributed by atoms with Crippen LogP contribution in [0, 0.1) is 0 Å². The van der Waals surface area contributed by atoms with Gasteiger partial charge < -0.3 is 28.4 Å². The van der Waals surface area contributed by atoms with Crippen LogP contribution in [0.4, 0.5) is 0 Å². The van der Waals surface area contributed by atoms with Crippen molar-refractivity contribution in [3.63, 3.8) is 0 Å². The summed E-state index contributed by atoms with van der Waals surface area (Å²) in [5.41, 5.74) is 6.55. The Kier molecular flexibility index (Phi) is 8.05. The van der Waals surface area contributed by atoms with Crippen LogP contribution in [0.3, 0.4) is 0 Å². The second-order valence-corrected chi connectivity index (χ2v) is 11.8. The minimum Gasteiger partial charge on any atom is -0.493 e. The fourth-order valence-electron chi connectivity index (χ4n) is 6.67. The lowest BCUT2D eigenvalue weighted by Gasteiger charge is -2.36. The lowest BCUT2D eigenvalue weighted by molar-refractivity contribution is 0.215. The quantitative estimate of drug-likeness (QED) is 0.208. The van der Waals surface area contributed by atoms with E-state index in [1.807, 2.05) is 30.5 Å². The topological polar surface area (TPSA) is 71.5 Å². The molecule has 0 fully saturated rings. The number of fused-ring (bicyclic) bond motifs is 3. The van der Waals surface area contributed by atoms with Crippen LogP contribution < -0.4 is 28.4 Å². The molecular weight excluding hydrogens is 580 g/mol. The molecule has 4 aromatic carbocycles. The maximum Gasteiger partial charge on any atom is 0.204 e. The zero-order chi connectivity index (χ0) is 31.8. The van der Waals surface area contributed by atoms with Crippen molar-refractivity contribution in [3.05, 3.63) is 106 Å². The normalized spacial score (nSPS) is 16.0. The molecule has 0 N–H and O–H groups in total. The second kappa shape index (κ2) is 12.4. The molecule has 1 aromatic heterocycles. The van der Waals surface area contributed by atoms with Crippen molar-refractivity contribution < 1.29 is 28.4 Å². The first-order valence-electron chi connectivity index (χ1n) is 15.5. The molecule has 8 nitrogen and oxygen atoms in total. The highest BCUT2D eigenvalue weighted by atomic mass is 16.5. The molecule has 0 radical (unpaired) electrons. The van der Waals surface area contributed by atoms with Gasteiger partial charge in [-0.2, -0.15) is 0 Å². The molecule has 0 aliphatic carbocycles. The first-order valence-corrected chi connectivity index (χ1v) is 15.5. The molecule has 1 atom stereocenters. The highest BCUT2D eigenvalue weighted by Gasteiger charge is 2.33. The van der Waals surface area contributed by atoms with E-state index in [4.69, 9.17) is 33.4 Å². The number of likely N-dealkylation sites (N-methyl/N-ethyl adjacent to an activating group) is 1. The van der Waals surface area contributed by atoms with E-state index < -0.39 is 0 Å². The van der Waals surface area contributed by atoms with E-state index in [1.165, 1.54) is 5.56 Å². The lowest BCUT2D eigenvalue weighted by atomic mass is 9.87. The molecule has 8 bridgehead atoms. The Morgan fingerprint density at radius 2 is 1.50 bits per heavy atom. The molecule has 0 saturated carbocycles. The largest absolute Gasteiger partial charge is 0.493 e. The van der Waals surface area contributed by atoms with Crippen LogP contribution in [0.5, 0.6) is 40.2 Å². The summed E-state index contributed by atoms with van der Waals surface area (Å²) >= 11 is 0. The minimum absolute atomic E-state index is 0.0296. The maximum absolute atomic E-state index is 6.63. The number of benzene rings is 4. The fourth-order valence-corrected chi connectivity index (χ4v) is 6.67. The van der Waals surface area contributed by atoms with E-state index >= 15 is 0 Å². The molecule has 8 heteroatoms. The number of hydrogen-bond acceptors (Lipinski definition) is 8. The van der Waals surface area contributed by atoms with Crippen LogP contribution in [-0.2, 0) is 25.9 Å². The van der Waals surface area contributed by atoms with E-state index in [2.05, 4.69) is 54.4 Å². The van der Waals surface area contributed by atoms with Crippen molar-refractivity contribution in [2.75, 3.05) is 42.0 Å². The molecule has 3 aliphatic rings. The van der Waals surface area contributed by atoms with Crippen LogP contribution in [0.15, 0.2) is 72.9 Å². The third-order valence-electron chi connectivity index (χ3n) is 9.13. The summed E-state index contributed by atoms with van der Waals surface area (Å²) in [7, 11) is 8.85. The molecule has 236 valence electrons. The van der Waals surface area contributed by atoms with Crippen molar-refractivity contribution in [1.29, 1.82) is 0 Å². The van der Waals surface area contributed by atoms with Gasteiger partial charge >= 0.3 is 0 Å². The highest BCUT2D eigenvalue weighted by Crippen LogP contribution is 2.49. The van der Waals surface area contributed by atoms with E-state index in [0.717, 1.165) is 58.1 Å². The molecular formula is C38H38N2O6. The molecule has 0 saturated heterocycles. The number of pyridine rings is 1. The van der Waals surface area contributed by atoms with E-state index in [0.29, 0.717) is 53.3 Å². The number of nitrogens with zero attached hydrogens (tertiary/aromatic N) is 2. The lowest BCUT2D eigenvalue weighted by Crippen LogP contribution is -2.34. The van der Waals surface area contributed by atoms with Crippen LogP contribution >= 0.6 is 0 Å². The summed E-state index contributed by atoms with van der Waals surface area (Å²) in [4.78, 5) is 7.14. The number of hydrogen-bond donors (Lipinski definition) is 0. The van der Waals surface area contributed by atoms with Gasteiger partial charge in [0.25, 0.3) is 0 Å². The van der Waals surface area contributed by atoms with Gasteiger partial charge in [-0.05, 0) is 83.9 Å². The van der Waals surface area contributed by atoms with Crippen molar-refractivity contribution in [2.45, 2.75) is 31.9 Å². The summed E-state index contributed by atoms with van der Waals surface area (Å²) < 4.78 is 36.7. The van der Waals surface area contributed by atoms with Gasteiger partial charge in [-0.15, -0.1) is 0 Å².